The van der Waals surface area contributed by atoms with Gasteiger partial charge in [-0.05, 0) is 61.9 Å². The average molecular weight is 387 g/mol. The first-order valence-electron chi connectivity index (χ1n) is 9.64. The minimum atomic E-state index is -0.175. The molecule has 0 unspecified atom stereocenters. The van der Waals surface area contributed by atoms with Gasteiger partial charge in [-0.25, -0.2) is 0 Å². The summed E-state index contributed by atoms with van der Waals surface area (Å²) in [4.78, 5) is 27.0. The zero-order chi connectivity index (χ0) is 20.6. The van der Waals surface area contributed by atoms with E-state index in [0.29, 0.717) is 17.8 Å². The van der Waals surface area contributed by atoms with Crippen LogP contribution in [-0.2, 0) is 4.79 Å². The predicted octanol–water partition coefficient (Wildman–Crippen LogP) is 4.71. The van der Waals surface area contributed by atoms with Crippen molar-refractivity contribution in [2.45, 2.75) is 13.8 Å². The lowest BCUT2D eigenvalue weighted by molar-refractivity contribution is -0.114. The van der Waals surface area contributed by atoms with Gasteiger partial charge in [0.1, 0.15) is 0 Å². The van der Waals surface area contributed by atoms with Gasteiger partial charge in [0, 0.05) is 29.2 Å². The number of nitrogens with zero attached hydrogens (tertiary/aromatic N) is 1. The van der Waals surface area contributed by atoms with E-state index in [2.05, 4.69) is 10.6 Å². The molecule has 3 aromatic rings. The first-order valence-corrected chi connectivity index (χ1v) is 9.64. The third-order valence-corrected chi connectivity index (χ3v) is 4.49. The molecular weight excluding hydrogens is 362 g/mol. The third-order valence-electron chi connectivity index (χ3n) is 4.49. The molecule has 0 bridgehead atoms. The molecule has 0 aromatic heterocycles. The molecule has 5 nitrogen and oxygen atoms in total. The number of para-hydroxylation sites is 1. The Morgan fingerprint density at radius 3 is 2.31 bits per heavy atom. The number of benzene rings is 3. The van der Waals surface area contributed by atoms with Crippen LogP contribution in [0.3, 0.4) is 0 Å². The van der Waals surface area contributed by atoms with Gasteiger partial charge in [0.15, 0.2) is 0 Å². The van der Waals surface area contributed by atoms with E-state index in [1.165, 1.54) is 0 Å². The Labute approximate surface area is 171 Å². The minimum Gasteiger partial charge on any atom is -0.376 e. The molecule has 0 fully saturated rings. The highest BCUT2D eigenvalue weighted by atomic mass is 16.2. The number of hydrogen-bond acceptors (Lipinski definition) is 3. The van der Waals surface area contributed by atoms with Crippen LogP contribution in [0.2, 0.25) is 0 Å². The molecule has 0 spiro atoms. The molecule has 2 amide bonds. The lowest BCUT2D eigenvalue weighted by atomic mass is 10.1. The van der Waals surface area contributed by atoms with Gasteiger partial charge in [0.25, 0.3) is 5.91 Å². The molecule has 148 valence electrons. The highest BCUT2D eigenvalue weighted by molar-refractivity contribution is 6.07. The van der Waals surface area contributed by atoms with Crippen LogP contribution in [0.15, 0.2) is 78.9 Å². The van der Waals surface area contributed by atoms with E-state index in [1.54, 1.807) is 29.2 Å². The molecule has 0 saturated heterocycles. The van der Waals surface area contributed by atoms with Crippen molar-refractivity contribution in [1.82, 2.24) is 0 Å². The molecule has 0 heterocycles. The Bertz CT molecular complexity index is 986. The van der Waals surface area contributed by atoms with Crippen molar-refractivity contribution < 1.29 is 9.59 Å². The normalized spacial score (nSPS) is 10.3. The van der Waals surface area contributed by atoms with Crippen molar-refractivity contribution in [2.24, 2.45) is 0 Å². The number of carbonyl (C=O) groups is 2. The summed E-state index contributed by atoms with van der Waals surface area (Å²) in [7, 11) is 0. The summed E-state index contributed by atoms with van der Waals surface area (Å²) in [5.41, 5.74) is 3.99. The molecular formula is C24H25N3O2. The minimum absolute atomic E-state index is 0.104. The summed E-state index contributed by atoms with van der Waals surface area (Å²) >= 11 is 0. The van der Waals surface area contributed by atoms with Crippen LogP contribution in [-0.4, -0.2) is 24.9 Å². The highest BCUT2D eigenvalue weighted by Gasteiger charge is 2.16. The standard InChI is InChI=1S/C24H25N3O2/c1-3-27(22-13-5-4-6-14-22)24(29)19-10-8-12-21(16-19)26-23(28)17-25-20-11-7-9-18(2)15-20/h4-16,25H,3,17H2,1-2H3,(H,26,28). The van der Waals surface area contributed by atoms with Gasteiger partial charge in [-0.2, -0.15) is 0 Å². The van der Waals surface area contributed by atoms with E-state index in [1.807, 2.05) is 68.4 Å². The lowest BCUT2D eigenvalue weighted by Crippen LogP contribution is -2.30. The summed E-state index contributed by atoms with van der Waals surface area (Å²) in [5.74, 6) is -0.279. The van der Waals surface area contributed by atoms with Crippen molar-refractivity contribution in [3.8, 4) is 0 Å². The summed E-state index contributed by atoms with van der Waals surface area (Å²) in [6.45, 7) is 4.64. The Kier molecular flexibility index (Phi) is 6.63. The van der Waals surface area contributed by atoms with Gasteiger partial charge in [-0.15, -0.1) is 0 Å². The molecule has 3 rings (SSSR count). The fourth-order valence-corrected chi connectivity index (χ4v) is 3.08. The highest BCUT2D eigenvalue weighted by Crippen LogP contribution is 2.19. The number of rotatable bonds is 7. The fourth-order valence-electron chi connectivity index (χ4n) is 3.08. The van der Waals surface area contributed by atoms with Gasteiger partial charge >= 0.3 is 0 Å². The number of carbonyl (C=O) groups excluding carboxylic acids is 2. The van der Waals surface area contributed by atoms with E-state index < -0.39 is 0 Å². The van der Waals surface area contributed by atoms with Gasteiger partial charge in [-0.1, -0.05) is 36.4 Å². The van der Waals surface area contributed by atoms with E-state index in [4.69, 9.17) is 0 Å². The molecule has 0 aliphatic rings. The van der Waals surface area contributed by atoms with Crippen LogP contribution >= 0.6 is 0 Å². The molecule has 0 atom stereocenters. The van der Waals surface area contributed by atoms with E-state index in [-0.39, 0.29) is 18.4 Å². The maximum absolute atomic E-state index is 13.0. The Morgan fingerprint density at radius 2 is 1.59 bits per heavy atom. The zero-order valence-corrected chi connectivity index (χ0v) is 16.7. The molecule has 0 aliphatic carbocycles. The van der Waals surface area contributed by atoms with Crippen molar-refractivity contribution in [1.29, 1.82) is 0 Å². The van der Waals surface area contributed by atoms with Crippen molar-refractivity contribution in [2.75, 3.05) is 28.6 Å². The van der Waals surface area contributed by atoms with E-state index in [9.17, 15) is 9.59 Å². The quantitative estimate of drug-likeness (QED) is 0.617. The number of hydrogen-bond donors (Lipinski definition) is 2. The second-order valence-electron chi connectivity index (χ2n) is 6.74. The van der Waals surface area contributed by atoms with Gasteiger partial charge in [0.2, 0.25) is 5.91 Å². The number of aryl methyl sites for hydroxylation is 1. The molecule has 2 N–H and O–H groups in total. The predicted molar refractivity (Wildman–Crippen MR) is 119 cm³/mol. The zero-order valence-electron chi connectivity index (χ0n) is 16.7. The van der Waals surface area contributed by atoms with Crippen LogP contribution in [0.5, 0.6) is 0 Å². The molecule has 5 heteroatoms. The maximum atomic E-state index is 13.0. The first kappa shape index (κ1) is 20.1. The number of nitrogens with one attached hydrogen (secondary N) is 2. The summed E-state index contributed by atoms with van der Waals surface area (Å²) in [6.07, 6.45) is 0. The second-order valence-corrected chi connectivity index (χ2v) is 6.74. The molecule has 29 heavy (non-hydrogen) atoms. The monoisotopic (exact) mass is 387 g/mol. The van der Waals surface area contributed by atoms with E-state index >= 15 is 0 Å². The SMILES string of the molecule is CCN(C(=O)c1cccc(NC(=O)CNc2cccc(C)c2)c1)c1ccccc1. The number of amides is 2. The largest absolute Gasteiger partial charge is 0.376 e. The smallest absolute Gasteiger partial charge is 0.258 e. The summed E-state index contributed by atoms with van der Waals surface area (Å²) in [5, 5.41) is 5.95. The van der Waals surface area contributed by atoms with Crippen molar-refractivity contribution >= 4 is 28.9 Å². The van der Waals surface area contributed by atoms with Crippen molar-refractivity contribution in [3.05, 3.63) is 90.0 Å². The maximum Gasteiger partial charge on any atom is 0.258 e. The molecule has 0 radical (unpaired) electrons. The second kappa shape index (κ2) is 9.55. The van der Waals surface area contributed by atoms with Crippen molar-refractivity contribution in [3.63, 3.8) is 0 Å². The number of anilines is 3. The van der Waals surface area contributed by atoms with Crippen LogP contribution in [0, 0.1) is 6.92 Å². The van der Waals surface area contributed by atoms with Crippen LogP contribution in [0.1, 0.15) is 22.8 Å². The van der Waals surface area contributed by atoms with Crippen LogP contribution < -0.4 is 15.5 Å². The summed E-state index contributed by atoms with van der Waals surface area (Å²) in [6, 6.07) is 24.4. The first-order chi connectivity index (χ1) is 14.1. The van der Waals surface area contributed by atoms with Gasteiger partial charge in [-0.3, -0.25) is 9.59 Å². The summed E-state index contributed by atoms with van der Waals surface area (Å²) < 4.78 is 0. The topological polar surface area (TPSA) is 61.4 Å². The Hall–Kier alpha value is -3.60. The Balaban J connectivity index is 1.65. The molecule has 3 aromatic carbocycles. The van der Waals surface area contributed by atoms with Gasteiger partial charge < -0.3 is 15.5 Å². The van der Waals surface area contributed by atoms with E-state index in [0.717, 1.165) is 16.9 Å². The fraction of sp³-hybridized carbons (Fsp3) is 0.167. The third kappa shape index (κ3) is 5.45. The van der Waals surface area contributed by atoms with Crippen LogP contribution in [0.4, 0.5) is 17.1 Å². The van der Waals surface area contributed by atoms with Gasteiger partial charge in [0.05, 0.1) is 6.54 Å². The average Bonchev–Trinajstić information content (AvgIpc) is 2.74. The lowest BCUT2D eigenvalue weighted by Gasteiger charge is -2.21. The van der Waals surface area contributed by atoms with Crippen LogP contribution in [0.25, 0.3) is 0 Å². The Morgan fingerprint density at radius 1 is 0.862 bits per heavy atom. The molecule has 0 saturated carbocycles. The molecule has 0 aliphatic heterocycles.